The van der Waals surface area contributed by atoms with Crippen molar-refractivity contribution < 1.29 is 14.2 Å². The van der Waals surface area contributed by atoms with Gasteiger partial charge in [0.25, 0.3) is 0 Å². The second-order valence-corrected chi connectivity index (χ2v) is 43.2. The van der Waals surface area contributed by atoms with Crippen LogP contribution in [0.2, 0.25) is 15.5 Å². The smallest absolute Gasteiger partial charge is 0.183 e. The molecule has 0 bridgehead atoms. The third kappa shape index (κ3) is 25.2. The average molecular weight is 2140 g/mol. The van der Waals surface area contributed by atoms with Crippen LogP contribution in [0, 0.1) is 49.7 Å². The number of aryl methyl sites for hydroxylation is 2. The summed E-state index contributed by atoms with van der Waals surface area (Å²) in [7, 11) is 5.02. The summed E-state index contributed by atoms with van der Waals surface area (Å²) in [6.45, 7) is 32.3. The summed E-state index contributed by atoms with van der Waals surface area (Å²) in [5, 5.41) is 31.7. The van der Waals surface area contributed by atoms with Gasteiger partial charge in [0.2, 0.25) is 0 Å². The predicted molar refractivity (Wildman–Crippen MR) is 595 cm³/mol. The van der Waals surface area contributed by atoms with E-state index in [9.17, 15) is 0 Å². The van der Waals surface area contributed by atoms with Gasteiger partial charge in [0.05, 0.1) is 90.4 Å². The standard InChI is InChI=1S/C29H35N7O.C22H28N6.C21H28N6O.C20H25BrN6O.C13H17ClN4.C5HCl2N3/c1-29(20-30)13-16-34(17-14-29)25-18-31-26-27(32-25)36(19-21-9-11-23(37-2)12-10-21)33-28(26)35-15-5-7-22-6-3-4-8-24(22)35;1-22(15-23)8-11-27(12-9-22)19-14-24-20-17(26-19)13-25-21(20)28-10-4-6-16-5-2-3-7-18(16)28;1-4-21(2)9-11-26(12-10-21)17-13-23-18-19(22)25-27(20(18)24-17)14-15-5-7-16(28-3)8-6-15;1-20(13-22)7-9-26(10-8-20)16-11-23-17-18(21)25-27(19(17)24-16)12-14-3-5-15(28-2)6-4-14;1-3-13(2)4-6-18(7-5-13)11-9-16-10(8-15)12(14)17-11;6-4-2-9-3(1-8)5(7)10-4/h3-4,6,8-12,18H,5,7,13-17,19-20,30H2,1-2H3;2-3,5,7,14H,4,6,8-13,15,23H2,1H3;5-8,13H,4,9-12,14H2,1-3H3,(H2,22,25);3-6,11H,7-10,12-13,22H2,1-2H3;9H,3-7H2,1-2H3;2H. The number of rotatable bonds is 20. The zero-order chi connectivity index (χ0) is 105. The Balaban J connectivity index is 0.000000125. The Labute approximate surface area is 894 Å². The third-order valence-corrected chi connectivity index (χ3v) is 32.4. The van der Waals surface area contributed by atoms with E-state index in [-0.39, 0.29) is 43.1 Å². The van der Waals surface area contributed by atoms with Crippen LogP contribution >= 0.6 is 50.7 Å². The fraction of sp³-hybridized carbons (Fsp3) is 0.455. The minimum Gasteiger partial charge on any atom is -0.497 e. The van der Waals surface area contributed by atoms with E-state index in [0.29, 0.717) is 52.9 Å². The number of benzene rings is 5. The summed E-state index contributed by atoms with van der Waals surface area (Å²) in [6, 6.07) is 45.0. The number of halogens is 4. The lowest BCUT2D eigenvalue weighted by Crippen LogP contribution is -2.42. The van der Waals surface area contributed by atoms with Crippen molar-refractivity contribution in [3.05, 3.63) is 229 Å². The molecule has 39 heteroatoms. The largest absolute Gasteiger partial charge is 0.497 e. The molecule has 780 valence electrons. The summed E-state index contributed by atoms with van der Waals surface area (Å²) in [5.74, 6) is 9.26. The number of hydrogen-bond donors (Lipinski definition) is 4. The third-order valence-electron chi connectivity index (χ3n) is 31.2. The highest BCUT2D eigenvalue weighted by molar-refractivity contribution is 9.10. The number of ether oxygens (including phenoxy) is 3. The van der Waals surface area contributed by atoms with Crippen molar-refractivity contribution in [1.82, 2.24) is 89.1 Å². The molecule has 22 rings (SSSR count). The second kappa shape index (κ2) is 47.7. The minimum atomic E-state index is 0.0370. The van der Waals surface area contributed by atoms with Gasteiger partial charge in [0.15, 0.2) is 71.7 Å². The predicted octanol–water partition coefficient (Wildman–Crippen LogP) is 18.7. The van der Waals surface area contributed by atoms with Crippen molar-refractivity contribution in [1.29, 1.82) is 10.5 Å². The highest BCUT2D eigenvalue weighted by Gasteiger charge is 2.38. The molecule has 9 aromatic heterocycles. The number of anilines is 9. The monoisotopic (exact) mass is 2130 g/mol. The zero-order valence-electron chi connectivity index (χ0n) is 86.8. The van der Waals surface area contributed by atoms with Gasteiger partial charge < -0.3 is 71.4 Å². The topological polar surface area (TPSA) is 423 Å². The van der Waals surface area contributed by atoms with Gasteiger partial charge in [-0.05, 0) is 229 Å². The first-order valence-corrected chi connectivity index (χ1v) is 53.5. The molecule has 0 radical (unpaired) electrons. The summed E-state index contributed by atoms with van der Waals surface area (Å²) < 4.78 is 22.3. The lowest BCUT2D eigenvalue weighted by molar-refractivity contribution is 0.237. The van der Waals surface area contributed by atoms with Gasteiger partial charge in [0, 0.05) is 89.9 Å². The fourth-order valence-electron chi connectivity index (χ4n) is 20.0. The van der Waals surface area contributed by atoms with Crippen LogP contribution in [-0.2, 0) is 39.0 Å². The van der Waals surface area contributed by atoms with Gasteiger partial charge in [0.1, 0.15) is 74.8 Å². The molecule has 5 saturated heterocycles. The molecule has 17 heterocycles. The number of methoxy groups -OCH3 is 3. The van der Waals surface area contributed by atoms with E-state index in [4.69, 9.17) is 122 Å². The van der Waals surface area contributed by atoms with Crippen molar-refractivity contribution >= 4 is 142 Å². The molecule has 0 saturated carbocycles. The highest BCUT2D eigenvalue weighted by Crippen LogP contribution is 2.43. The van der Waals surface area contributed by atoms with E-state index >= 15 is 0 Å². The Hall–Kier alpha value is -13.3. The number of aromatic nitrogens is 18. The summed E-state index contributed by atoms with van der Waals surface area (Å²) in [4.78, 5) is 75.3. The molecule has 0 atom stereocenters. The number of nitrogen functional groups attached to an aromatic ring is 1. The first-order valence-electron chi connectivity index (χ1n) is 51.6. The maximum absolute atomic E-state index is 8.77. The molecule has 8 N–H and O–H groups in total. The van der Waals surface area contributed by atoms with Crippen molar-refractivity contribution in [2.24, 2.45) is 49.3 Å². The molecule has 8 aliphatic rings. The van der Waals surface area contributed by atoms with Gasteiger partial charge in [-0.2, -0.15) is 25.8 Å². The molecule has 0 unspecified atom stereocenters. The number of nitrogens with zero attached hydrogens (tertiary/aromatic N) is 28. The minimum absolute atomic E-state index is 0.0370. The number of para-hydroxylation sites is 2. The number of amidine groups is 1. The average Bonchev–Trinajstić information content (AvgIpc) is 1.61. The number of nitrogens with two attached hydrogens (primary N) is 4. The number of piperidine rings is 5. The van der Waals surface area contributed by atoms with Gasteiger partial charge in [-0.25, -0.2) is 73.9 Å². The Kier molecular flexibility index (Phi) is 34.2. The Morgan fingerprint density at radius 3 is 1.17 bits per heavy atom. The van der Waals surface area contributed by atoms with Gasteiger partial charge in [-0.1, -0.05) is 169 Å². The van der Waals surface area contributed by atoms with Crippen molar-refractivity contribution in [3.8, 4) is 29.4 Å². The molecule has 14 aromatic rings. The summed E-state index contributed by atoms with van der Waals surface area (Å²) >= 11 is 20.3. The van der Waals surface area contributed by atoms with Gasteiger partial charge in [-0.15, -0.1) is 0 Å². The van der Waals surface area contributed by atoms with E-state index in [1.807, 2.05) is 106 Å². The van der Waals surface area contributed by atoms with Crippen LogP contribution in [-0.4, -0.2) is 214 Å². The molecule has 0 aliphatic carbocycles. The van der Waals surface area contributed by atoms with Crippen LogP contribution in [0.5, 0.6) is 17.2 Å². The fourth-order valence-corrected chi connectivity index (χ4v) is 21.0. The Morgan fingerprint density at radius 2 is 0.752 bits per heavy atom. The van der Waals surface area contributed by atoms with Crippen LogP contribution in [0.1, 0.15) is 189 Å². The van der Waals surface area contributed by atoms with E-state index in [2.05, 4.69) is 199 Å². The number of aliphatic imine (C=N–C) groups is 1. The SMILES string of the molecule is CC1(CN)CCN(c2cnc3c(n2)CN=C3N2CCCc3ccccc32)CC1.CCC1(C)CCN(c2cnc(C#N)c(Cl)n2)CC1.CCC1(C)CCN(c2cnc3c(N)nn(Cc4ccc(OC)cc4)c3n2)CC1.COc1ccc(Cn2nc(Br)c3ncc(N4CCC(C)(CN)CC4)nc32)cc1.COc1ccc(Cn2nc(N3CCCc4ccccc43)c3ncc(N4CCC(C)(CN)CC4)nc32)cc1.N#Cc1ncc(Cl)nc1Cl. The molecular weight excluding hydrogens is 2000 g/mol. The Bertz CT molecular complexity index is 6920. The molecule has 8 aliphatic heterocycles. The normalized spacial score (nSPS) is 17.1. The van der Waals surface area contributed by atoms with Crippen molar-refractivity contribution in [2.45, 2.75) is 177 Å². The molecule has 149 heavy (non-hydrogen) atoms. The summed E-state index contributed by atoms with van der Waals surface area (Å²) in [6.07, 6.45) is 28.4. The quantitative estimate of drug-likeness (QED) is 0.0550. The molecule has 35 nitrogen and oxygen atoms in total. The number of nitriles is 2. The van der Waals surface area contributed by atoms with Crippen LogP contribution in [0.4, 0.5) is 52.1 Å². The lowest BCUT2D eigenvalue weighted by Gasteiger charge is -2.39. The van der Waals surface area contributed by atoms with Gasteiger partial charge >= 0.3 is 0 Å². The van der Waals surface area contributed by atoms with Crippen LogP contribution < -0.4 is 71.4 Å². The highest BCUT2D eigenvalue weighted by atomic mass is 79.9. The Morgan fingerprint density at radius 1 is 0.396 bits per heavy atom. The zero-order valence-corrected chi connectivity index (χ0v) is 90.7. The van der Waals surface area contributed by atoms with Crippen LogP contribution in [0.25, 0.3) is 33.5 Å². The van der Waals surface area contributed by atoms with E-state index < -0.39 is 0 Å². The number of fused-ring (bicyclic) bond motifs is 6. The molecule has 0 spiro atoms. The first kappa shape index (κ1) is 107. The van der Waals surface area contributed by atoms with E-state index in [1.165, 1.54) is 54.4 Å². The number of hydrogen-bond acceptors (Lipinski definition) is 32. The second-order valence-electron chi connectivity index (χ2n) is 41.4. The maximum atomic E-state index is 8.77. The molecule has 0 amide bonds. The first-order chi connectivity index (χ1) is 72.1. The molecular formula is C110H134BrCl3N32O3. The van der Waals surface area contributed by atoms with Crippen molar-refractivity contribution in [3.63, 3.8) is 0 Å². The van der Waals surface area contributed by atoms with E-state index in [0.717, 1.165) is 289 Å². The van der Waals surface area contributed by atoms with Crippen LogP contribution in [0.15, 0.2) is 168 Å². The molecule has 5 fully saturated rings. The lowest BCUT2D eigenvalue weighted by atomic mass is 9.78. The van der Waals surface area contributed by atoms with Crippen molar-refractivity contribution in [2.75, 3.05) is 160 Å². The van der Waals surface area contributed by atoms with E-state index in [1.54, 1.807) is 33.6 Å². The van der Waals surface area contributed by atoms with Crippen LogP contribution in [0.3, 0.4) is 0 Å². The van der Waals surface area contributed by atoms with Gasteiger partial charge in [-0.3, -0.25) is 4.99 Å². The molecule has 5 aromatic carbocycles. The maximum Gasteiger partial charge on any atom is 0.183 e. The summed E-state index contributed by atoms with van der Waals surface area (Å²) in [5.41, 5.74) is 41.1.